The van der Waals surface area contributed by atoms with E-state index < -0.39 is 24.4 Å². The number of alkyl halides is 6. The molecule has 0 N–H and O–H groups in total. The van der Waals surface area contributed by atoms with Crippen LogP contribution < -0.4 is 9.47 Å². The van der Waals surface area contributed by atoms with Crippen LogP contribution in [0, 0.1) is 0 Å². The van der Waals surface area contributed by atoms with Crippen LogP contribution in [0.5, 0.6) is 11.5 Å². The lowest BCUT2D eigenvalue weighted by Gasteiger charge is -2.25. The highest BCUT2D eigenvalue weighted by Crippen LogP contribution is 2.39. The SMILES string of the molecule is CCc1cc(OC(F)(F)F)cc2c1OC(C(F)(F)F)C=C2. The average molecular weight is 312 g/mol. The Bertz CT molecular complexity index is 559. The van der Waals surface area contributed by atoms with E-state index in [0.29, 0.717) is 0 Å². The first-order chi connectivity index (χ1) is 9.60. The molecule has 116 valence electrons. The van der Waals surface area contributed by atoms with Crippen LogP contribution >= 0.6 is 0 Å². The van der Waals surface area contributed by atoms with E-state index in [1.54, 1.807) is 6.92 Å². The summed E-state index contributed by atoms with van der Waals surface area (Å²) in [5.74, 6) is -0.561. The minimum absolute atomic E-state index is 0.0724. The molecule has 0 saturated heterocycles. The largest absolute Gasteiger partial charge is 0.573 e. The van der Waals surface area contributed by atoms with E-state index in [-0.39, 0.29) is 23.3 Å². The highest BCUT2D eigenvalue weighted by atomic mass is 19.4. The second-order valence-electron chi connectivity index (χ2n) is 4.34. The molecule has 21 heavy (non-hydrogen) atoms. The fourth-order valence-corrected chi connectivity index (χ4v) is 1.94. The van der Waals surface area contributed by atoms with Gasteiger partial charge in [-0.2, -0.15) is 13.2 Å². The van der Waals surface area contributed by atoms with Gasteiger partial charge in [0, 0.05) is 5.56 Å². The van der Waals surface area contributed by atoms with Gasteiger partial charge >= 0.3 is 12.5 Å². The van der Waals surface area contributed by atoms with E-state index in [1.165, 1.54) is 0 Å². The van der Waals surface area contributed by atoms with Gasteiger partial charge in [0.25, 0.3) is 0 Å². The molecule has 8 heteroatoms. The van der Waals surface area contributed by atoms with Crippen LogP contribution in [-0.4, -0.2) is 18.6 Å². The summed E-state index contributed by atoms with van der Waals surface area (Å²) in [6.45, 7) is 1.59. The van der Waals surface area contributed by atoms with E-state index >= 15 is 0 Å². The molecule has 0 fully saturated rings. The fourth-order valence-electron chi connectivity index (χ4n) is 1.94. The van der Waals surface area contributed by atoms with Gasteiger partial charge in [-0.3, -0.25) is 0 Å². The van der Waals surface area contributed by atoms with E-state index in [1.807, 2.05) is 0 Å². The molecule has 1 heterocycles. The zero-order valence-electron chi connectivity index (χ0n) is 10.7. The van der Waals surface area contributed by atoms with Crippen molar-refractivity contribution in [1.82, 2.24) is 0 Å². The Morgan fingerprint density at radius 3 is 2.33 bits per heavy atom. The van der Waals surface area contributed by atoms with Crippen molar-refractivity contribution in [3.63, 3.8) is 0 Å². The van der Waals surface area contributed by atoms with Crippen molar-refractivity contribution in [1.29, 1.82) is 0 Å². The van der Waals surface area contributed by atoms with Gasteiger partial charge in [-0.15, -0.1) is 13.2 Å². The first-order valence-electron chi connectivity index (χ1n) is 5.94. The Balaban J connectivity index is 2.39. The monoisotopic (exact) mass is 312 g/mol. The third kappa shape index (κ3) is 3.62. The number of hydrogen-bond acceptors (Lipinski definition) is 2. The number of halogens is 6. The van der Waals surface area contributed by atoms with E-state index in [9.17, 15) is 26.3 Å². The number of ether oxygens (including phenoxy) is 2. The van der Waals surface area contributed by atoms with Crippen molar-refractivity contribution in [2.75, 3.05) is 0 Å². The number of benzene rings is 1. The summed E-state index contributed by atoms with van der Waals surface area (Å²) >= 11 is 0. The van der Waals surface area contributed by atoms with E-state index in [0.717, 1.165) is 24.3 Å². The summed E-state index contributed by atoms with van der Waals surface area (Å²) in [5.41, 5.74) is 0.333. The lowest BCUT2D eigenvalue weighted by atomic mass is 10.0. The normalized spacial score (nSPS) is 18.1. The molecule has 2 rings (SSSR count). The minimum atomic E-state index is -4.87. The predicted molar refractivity (Wildman–Crippen MR) is 62.0 cm³/mol. The van der Waals surface area contributed by atoms with Gasteiger partial charge in [0.15, 0.2) is 0 Å². The van der Waals surface area contributed by atoms with E-state index in [2.05, 4.69) is 4.74 Å². The molecular weight excluding hydrogens is 302 g/mol. The minimum Gasteiger partial charge on any atom is -0.476 e. The van der Waals surface area contributed by atoms with Crippen LogP contribution in [0.25, 0.3) is 6.08 Å². The zero-order chi connectivity index (χ0) is 15.8. The van der Waals surface area contributed by atoms with Crippen LogP contribution in [0.2, 0.25) is 0 Å². The predicted octanol–water partition coefficient (Wildman–Crippen LogP) is 4.48. The number of rotatable bonds is 2. The molecule has 1 atom stereocenters. The van der Waals surface area contributed by atoms with Gasteiger partial charge in [0.1, 0.15) is 11.5 Å². The molecule has 1 aromatic rings. The maximum Gasteiger partial charge on any atom is 0.573 e. The molecule has 1 aliphatic rings. The lowest BCUT2D eigenvalue weighted by Crippen LogP contribution is -2.34. The molecule has 1 unspecified atom stereocenters. The second-order valence-corrected chi connectivity index (χ2v) is 4.34. The van der Waals surface area contributed by atoms with Crippen LogP contribution in [0.15, 0.2) is 18.2 Å². The van der Waals surface area contributed by atoms with E-state index in [4.69, 9.17) is 4.74 Å². The summed E-state index contributed by atoms with van der Waals surface area (Å²) in [5, 5.41) is 0. The Hall–Kier alpha value is -1.86. The van der Waals surface area contributed by atoms with Crippen LogP contribution in [0.4, 0.5) is 26.3 Å². The molecule has 1 aromatic carbocycles. The standard InChI is InChI=1S/C13H10F6O2/c1-2-7-5-9(21-13(17,18)19)6-8-3-4-10(12(14,15)16)20-11(7)8/h3-6,10H,2H2,1H3. The molecule has 0 amide bonds. The first-order valence-corrected chi connectivity index (χ1v) is 5.94. The molecule has 1 aliphatic heterocycles. The summed E-state index contributed by atoms with van der Waals surface area (Å²) in [4.78, 5) is 0. The van der Waals surface area contributed by atoms with Crippen molar-refractivity contribution >= 4 is 6.08 Å². The summed E-state index contributed by atoms with van der Waals surface area (Å²) in [6.07, 6.45) is -9.52. The number of hydrogen-bond donors (Lipinski definition) is 0. The Morgan fingerprint density at radius 1 is 1.14 bits per heavy atom. The molecule has 0 bridgehead atoms. The number of fused-ring (bicyclic) bond motifs is 1. The van der Waals surface area contributed by atoms with Crippen LogP contribution in [-0.2, 0) is 6.42 Å². The summed E-state index contributed by atoms with van der Waals surface area (Å²) in [7, 11) is 0. The maximum atomic E-state index is 12.6. The molecule has 0 spiro atoms. The highest BCUT2D eigenvalue weighted by Gasteiger charge is 2.42. The maximum absolute atomic E-state index is 12.6. The summed E-state index contributed by atoms with van der Waals surface area (Å²) in [6, 6.07) is 2.02. The van der Waals surface area contributed by atoms with Crippen molar-refractivity contribution in [2.24, 2.45) is 0 Å². The molecule has 0 aromatic heterocycles. The molecule has 0 saturated carbocycles. The van der Waals surface area contributed by atoms with Gasteiger partial charge in [0.2, 0.25) is 6.10 Å². The van der Waals surface area contributed by atoms with Gasteiger partial charge in [0.05, 0.1) is 0 Å². The zero-order valence-corrected chi connectivity index (χ0v) is 10.7. The second kappa shape index (κ2) is 5.16. The smallest absolute Gasteiger partial charge is 0.476 e. The first kappa shape index (κ1) is 15.5. The molecular formula is C13H10F6O2. The van der Waals surface area contributed by atoms with Gasteiger partial charge in [-0.1, -0.05) is 13.0 Å². The topological polar surface area (TPSA) is 18.5 Å². The third-order valence-corrected chi connectivity index (χ3v) is 2.80. The van der Waals surface area contributed by atoms with Gasteiger partial charge < -0.3 is 9.47 Å². The molecule has 0 aliphatic carbocycles. The third-order valence-electron chi connectivity index (χ3n) is 2.80. The average Bonchev–Trinajstić information content (AvgIpc) is 2.34. The van der Waals surface area contributed by atoms with Crippen molar-refractivity contribution in [3.05, 3.63) is 29.3 Å². The van der Waals surface area contributed by atoms with Crippen molar-refractivity contribution in [2.45, 2.75) is 32.0 Å². The number of aryl methyl sites for hydroxylation is 1. The van der Waals surface area contributed by atoms with Crippen LogP contribution in [0.1, 0.15) is 18.1 Å². The highest BCUT2D eigenvalue weighted by molar-refractivity contribution is 5.65. The molecule has 2 nitrogen and oxygen atoms in total. The Labute approximate surface area is 116 Å². The quantitative estimate of drug-likeness (QED) is 0.749. The summed E-state index contributed by atoms with van der Waals surface area (Å²) < 4.78 is 83.1. The van der Waals surface area contributed by atoms with Crippen molar-refractivity contribution < 1.29 is 35.8 Å². The Morgan fingerprint density at radius 2 is 1.81 bits per heavy atom. The van der Waals surface area contributed by atoms with Gasteiger partial charge in [-0.05, 0) is 30.2 Å². The van der Waals surface area contributed by atoms with Crippen LogP contribution in [0.3, 0.4) is 0 Å². The van der Waals surface area contributed by atoms with Crippen molar-refractivity contribution in [3.8, 4) is 11.5 Å². The lowest BCUT2D eigenvalue weighted by molar-refractivity contribution is -0.274. The fraction of sp³-hybridized carbons (Fsp3) is 0.385. The van der Waals surface area contributed by atoms with Gasteiger partial charge in [-0.25, -0.2) is 0 Å². The Kier molecular flexibility index (Phi) is 3.81. The molecule has 0 radical (unpaired) electrons.